The Morgan fingerprint density at radius 1 is 1.24 bits per heavy atom. The Labute approximate surface area is 152 Å². The van der Waals surface area contributed by atoms with Crippen LogP contribution in [0.4, 0.5) is 0 Å². The molecule has 140 valence electrons. The number of ether oxygens (including phenoxy) is 2. The van der Waals surface area contributed by atoms with Gasteiger partial charge in [-0.3, -0.25) is 4.79 Å². The first kappa shape index (κ1) is 18.7. The molecule has 3 nitrogen and oxygen atoms in total. The third-order valence-electron chi connectivity index (χ3n) is 7.74. The standard InChI is InChI=1S/C22H34O3/c1-20(2,25-6)16-9-10-17-15(14-16)8-11-18-21(17,3)12-7-13-22(18,4)19(23)24-5/h8,14,17-18H,7,9-13H2,1-6H3. The molecule has 0 heterocycles. The van der Waals surface area contributed by atoms with Crippen LogP contribution in [0.15, 0.2) is 23.3 Å². The Balaban J connectivity index is 1.98. The van der Waals surface area contributed by atoms with E-state index in [1.54, 1.807) is 7.11 Å². The summed E-state index contributed by atoms with van der Waals surface area (Å²) in [6, 6.07) is 0. The van der Waals surface area contributed by atoms with Crippen LogP contribution in [0, 0.1) is 22.7 Å². The zero-order valence-electron chi connectivity index (χ0n) is 16.8. The largest absolute Gasteiger partial charge is 0.469 e. The molecule has 3 heteroatoms. The fourth-order valence-electron chi connectivity index (χ4n) is 5.95. The van der Waals surface area contributed by atoms with E-state index >= 15 is 0 Å². The number of carbonyl (C=O) groups is 1. The number of esters is 1. The molecule has 0 amide bonds. The molecule has 0 bridgehead atoms. The van der Waals surface area contributed by atoms with E-state index in [0.717, 1.165) is 32.1 Å². The van der Waals surface area contributed by atoms with Gasteiger partial charge in [0.1, 0.15) is 0 Å². The first-order valence-corrected chi connectivity index (χ1v) is 9.74. The lowest BCUT2D eigenvalue weighted by Crippen LogP contribution is -2.53. The Morgan fingerprint density at radius 2 is 1.96 bits per heavy atom. The van der Waals surface area contributed by atoms with Crippen LogP contribution in [-0.2, 0) is 14.3 Å². The average Bonchev–Trinajstić information content (AvgIpc) is 2.60. The van der Waals surface area contributed by atoms with Gasteiger partial charge < -0.3 is 9.47 Å². The summed E-state index contributed by atoms with van der Waals surface area (Å²) < 4.78 is 10.9. The van der Waals surface area contributed by atoms with Crippen LogP contribution in [-0.4, -0.2) is 25.8 Å². The normalized spacial score (nSPS) is 38.2. The zero-order valence-corrected chi connectivity index (χ0v) is 16.8. The van der Waals surface area contributed by atoms with E-state index in [1.165, 1.54) is 24.7 Å². The second-order valence-corrected chi connectivity index (χ2v) is 9.24. The van der Waals surface area contributed by atoms with Crippen LogP contribution >= 0.6 is 0 Å². The highest BCUT2D eigenvalue weighted by atomic mass is 16.5. The predicted molar refractivity (Wildman–Crippen MR) is 100 cm³/mol. The van der Waals surface area contributed by atoms with Gasteiger partial charge in [0.05, 0.1) is 18.1 Å². The van der Waals surface area contributed by atoms with E-state index in [2.05, 4.69) is 39.8 Å². The molecule has 25 heavy (non-hydrogen) atoms. The van der Waals surface area contributed by atoms with Gasteiger partial charge in [-0.1, -0.05) is 25.5 Å². The summed E-state index contributed by atoms with van der Waals surface area (Å²) in [5, 5.41) is 0. The van der Waals surface area contributed by atoms with Crippen molar-refractivity contribution in [1.82, 2.24) is 0 Å². The molecule has 0 aromatic rings. The molecule has 0 aromatic carbocycles. The molecule has 0 aliphatic heterocycles. The molecule has 0 radical (unpaired) electrons. The number of hydrogen-bond donors (Lipinski definition) is 0. The van der Waals surface area contributed by atoms with Gasteiger partial charge in [-0.2, -0.15) is 0 Å². The van der Waals surface area contributed by atoms with Crippen molar-refractivity contribution in [3.05, 3.63) is 23.3 Å². The summed E-state index contributed by atoms with van der Waals surface area (Å²) in [6.45, 7) is 8.87. The van der Waals surface area contributed by atoms with Crippen molar-refractivity contribution in [2.24, 2.45) is 22.7 Å². The van der Waals surface area contributed by atoms with Crippen LogP contribution in [0.3, 0.4) is 0 Å². The van der Waals surface area contributed by atoms with Crippen LogP contribution in [0.5, 0.6) is 0 Å². The molecular formula is C22H34O3. The quantitative estimate of drug-likeness (QED) is 0.670. The summed E-state index contributed by atoms with van der Waals surface area (Å²) in [4.78, 5) is 12.6. The molecule has 0 spiro atoms. The monoisotopic (exact) mass is 346 g/mol. The average molecular weight is 347 g/mol. The van der Waals surface area contributed by atoms with Gasteiger partial charge in [0, 0.05) is 7.11 Å². The fourth-order valence-corrected chi connectivity index (χ4v) is 5.95. The second kappa shape index (κ2) is 6.26. The van der Waals surface area contributed by atoms with E-state index in [1.807, 2.05) is 0 Å². The van der Waals surface area contributed by atoms with Gasteiger partial charge in [-0.05, 0) is 81.3 Å². The lowest BCUT2D eigenvalue weighted by atomic mass is 9.47. The van der Waals surface area contributed by atoms with E-state index in [-0.39, 0.29) is 22.4 Å². The van der Waals surface area contributed by atoms with E-state index in [4.69, 9.17) is 9.47 Å². The van der Waals surface area contributed by atoms with E-state index in [0.29, 0.717) is 11.8 Å². The summed E-state index contributed by atoms with van der Waals surface area (Å²) >= 11 is 0. The third-order valence-corrected chi connectivity index (χ3v) is 7.74. The minimum absolute atomic E-state index is 0.0205. The topological polar surface area (TPSA) is 35.5 Å². The summed E-state index contributed by atoms with van der Waals surface area (Å²) in [7, 11) is 3.33. The number of methoxy groups -OCH3 is 2. The lowest BCUT2D eigenvalue weighted by Gasteiger charge is -2.57. The second-order valence-electron chi connectivity index (χ2n) is 9.24. The molecule has 4 unspecified atom stereocenters. The van der Waals surface area contributed by atoms with Gasteiger partial charge in [-0.15, -0.1) is 0 Å². The third kappa shape index (κ3) is 2.79. The number of fused-ring (bicyclic) bond motifs is 3. The highest BCUT2D eigenvalue weighted by Crippen LogP contribution is 2.62. The van der Waals surface area contributed by atoms with Crippen LogP contribution in [0.1, 0.15) is 66.2 Å². The van der Waals surface area contributed by atoms with E-state index in [9.17, 15) is 4.79 Å². The molecule has 4 atom stereocenters. The van der Waals surface area contributed by atoms with E-state index < -0.39 is 0 Å². The van der Waals surface area contributed by atoms with Crippen molar-refractivity contribution in [2.45, 2.75) is 71.8 Å². The Kier molecular flexibility index (Phi) is 4.68. The number of carbonyl (C=O) groups excluding carboxylic acids is 1. The number of hydrogen-bond acceptors (Lipinski definition) is 3. The van der Waals surface area contributed by atoms with Crippen molar-refractivity contribution in [3.63, 3.8) is 0 Å². The molecule has 0 aromatic heterocycles. The molecular weight excluding hydrogens is 312 g/mol. The van der Waals surface area contributed by atoms with Gasteiger partial charge >= 0.3 is 5.97 Å². The van der Waals surface area contributed by atoms with Crippen molar-refractivity contribution in [3.8, 4) is 0 Å². The van der Waals surface area contributed by atoms with Crippen molar-refractivity contribution in [2.75, 3.05) is 14.2 Å². The maximum absolute atomic E-state index is 12.6. The van der Waals surface area contributed by atoms with Crippen LogP contribution in [0.25, 0.3) is 0 Å². The molecule has 0 saturated heterocycles. The number of rotatable bonds is 3. The van der Waals surface area contributed by atoms with Crippen molar-refractivity contribution >= 4 is 5.97 Å². The number of allylic oxidation sites excluding steroid dienone is 3. The summed E-state index contributed by atoms with van der Waals surface area (Å²) in [5.74, 6) is 0.903. The Morgan fingerprint density at radius 3 is 2.60 bits per heavy atom. The minimum Gasteiger partial charge on any atom is -0.469 e. The molecule has 3 aliphatic carbocycles. The predicted octanol–water partition coefficient (Wildman–Crippen LogP) is 5.06. The molecule has 0 N–H and O–H groups in total. The lowest BCUT2D eigenvalue weighted by molar-refractivity contribution is -0.166. The SMILES string of the molecule is COC(=O)C1(C)CCCC2(C)C3CCC(C(C)(C)OC)=CC3=CCC12. The van der Waals surface area contributed by atoms with Crippen molar-refractivity contribution < 1.29 is 14.3 Å². The first-order chi connectivity index (χ1) is 11.7. The smallest absolute Gasteiger partial charge is 0.311 e. The van der Waals surface area contributed by atoms with Crippen LogP contribution in [0.2, 0.25) is 0 Å². The van der Waals surface area contributed by atoms with Crippen LogP contribution < -0.4 is 0 Å². The summed E-state index contributed by atoms with van der Waals surface area (Å²) in [6.07, 6.45) is 11.3. The highest BCUT2D eigenvalue weighted by molar-refractivity contribution is 5.77. The maximum atomic E-state index is 12.6. The fraction of sp³-hybridized carbons (Fsp3) is 0.773. The van der Waals surface area contributed by atoms with Gasteiger partial charge in [0.15, 0.2) is 0 Å². The van der Waals surface area contributed by atoms with Gasteiger partial charge in [0.25, 0.3) is 0 Å². The maximum Gasteiger partial charge on any atom is 0.311 e. The Hall–Kier alpha value is -1.09. The molecule has 1 fully saturated rings. The Bertz CT molecular complexity index is 615. The summed E-state index contributed by atoms with van der Waals surface area (Å²) in [5.41, 5.74) is 2.51. The molecule has 3 aliphatic rings. The van der Waals surface area contributed by atoms with Gasteiger partial charge in [-0.25, -0.2) is 0 Å². The zero-order chi connectivity index (χ0) is 18.5. The highest BCUT2D eigenvalue weighted by Gasteiger charge is 2.57. The molecule has 3 rings (SSSR count). The van der Waals surface area contributed by atoms with Crippen molar-refractivity contribution in [1.29, 1.82) is 0 Å². The minimum atomic E-state index is -0.348. The first-order valence-electron chi connectivity index (χ1n) is 9.74. The molecule has 1 saturated carbocycles. The van der Waals surface area contributed by atoms with Gasteiger partial charge in [0.2, 0.25) is 0 Å².